The van der Waals surface area contributed by atoms with Crippen LogP contribution in [0.25, 0.3) is 0 Å². The van der Waals surface area contributed by atoms with E-state index in [1.165, 1.54) is 43.9 Å². The summed E-state index contributed by atoms with van der Waals surface area (Å²) in [6, 6.07) is 0. The summed E-state index contributed by atoms with van der Waals surface area (Å²) in [6.07, 6.45) is 5.33. The molecule has 0 aromatic carbocycles. The maximum Gasteiger partial charge on any atom is 0.0940 e. The Kier molecular flexibility index (Phi) is 3.68. The normalized spacial score (nSPS) is 25.5. The van der Waals surface area contributed by atoms with Gasteiger partial charge in [-0.1, -0.05) is 0 Å². The van der Waals surface area contributed by atoms with Crippen LogP contribution in [0.3, 0.4) is 0 Å². The van der Waals surface area contributed by atoms with Crippen molar-refractivity contribution in [1.29, 1.82) is 0 Å². The van der Waals surface area contributed by atoms with Gasteiger partial charge >= 0.3 is 0 Å². The highest BCUT2D eigenvalue weighted by molar-refractivity contribution is 7.09. The van der Waals surface area contributed by atoms with Crippen LogP contribution in [0.1, 0.15) is 30.0 Å². The molecule has 1 spiro atoms. The predicted molar refractivity (Wildman–Crippen MR) is 76.1 cm³/mol. The van der Waals surface area contributed by atoms with Crippen molar-refractivity contribution in [2.24, 2.45) is 11.3 Å². The second-order valence-corrected chi connectivity index (χ2v) is 6.79. The molecule has 2 heterocycles. The number of rotatable bonds is 5. The summed E-state index contributed by atoms with van der Waals surface area (Å²) in [7, 11) is 0. The monoisotopic (exact) mass is 265 g/mol. The first-order valence-electron chi connectivity index (χ1n) is 7.11. The van der Waals surface area contributed by atoms with E-state index in [-0.39, 0.29) is 0 Å². The van der Waals surface area contributed by atoms with Crippen molar-refractivity contribution >= 4 is 11.3 Å². The number of hydrogen-bond acceptors (Lipinski definition) is 4. The van der Waals surface area contributed by atoms with E-state index in [0.717, 1.165) is 30.0 Å². The van der Waals surface area contributed by atoms with E-state index >= 15 is 0 Å². The first-order valence-corrected chi connectivity index (χ1v) is 7.99. The van der Waals surface area contributed by atoms with Gasteiger partial charge in [-0.2, -0.15) is 0 Å². The molecule has 1 aliphatic heterocycles. The van der Waals surface area contributed by atoms with Crippen molar-refractivity contribution < 1.29 is 0 Å². The lowest BCUT2D eigenvalue weighted by Gasteiger charge is -2.23. The molecule has 1 aromatic rings. The number of thiazole rings is 1. The standard InChI is InChI=1S/C14H23N3S/c1-11-10-18-13(17-11)2-5-16-9-12-8-14(12)3-6-15-7-4-14/h10,12,15-16H,2-9H2,1H3. The van der Waals surface area contributed by atoms with E-state index in [2.05, 4.69) is 27.9 Å². The van der Waals surface area contributed by atoms with Crippen LogP contribution in [0, 0.1) is 18.3 Å². The lowest BCUT2D eigenvalue weighted by molar-refractivity contribution is 0.319. The van der Waals surface area contributed by atoms with E-state index < -0.39 is 0 Å². The molecule has 0 radical (unpaired) electrons. The van der Waals surface area contributed by atoms with Gasteiger partial charge in [0.05, 0.1) is 5.01 Å². The molecule has 100 valence electrons. The Balaban J connectivity index is 1.34. The summed E-state index contributed by atoms with van der Waals surface area (Å²) in [6.45, 7) is 6.82. The lowest BCUT2D eigenvalue weighted by Crippen LogP contribution is -2.31. The number of piperidine rings is 1. The second kappa shape index (κ2) is 5.27. The van der Waals surface area contributed by atoms with Crippen LogP contribution in [0.2, 0.25) is 0 Å². The number of aromatic nitrogens is 1. The van der Waals surface area contributed by atoms with Gasteiger partial charge in [0.2, 0.25) is 0 Å². The number of hydrogen-bond donors (Lipinski definition) is 2. The van der Waals surface area contributed by atoms with Gasteiger partial charge in [0.15, 0.2) is 0 Å². The fraction of sp³-hybridized carbons (Fsp3) is 0.786. The topological polar surface area (TPSA) is 37.0 Å². The molecule has 0 bridgehead atoms. The van der Waals surface area contributed by atoms with Gasteiger partial charge in [0, 0.05) is 24.0 Å². The minimum absolute atomic E-state index is 0.718. The van der Waals surface area contributed by atoms with Gasteiger partial charge < -0.3 is 10.6 Å². The van der Waals surface area contributed by atoms with Crippen molar-refractivity contribution in [1.82, 2.24) is 15.6 Å². The Bertz CT molecular complexity index is 395. The minimum atomic E-state index is 0.718. The van der Waals surface area contributed by atoms with Crippen LogP contribution < -0.4 is 10.6 Å². The van der Waals surface area contributed by atoms with Gasteiger partial charge in [-0.3, -0.25) is 0 Å². The third-order valence-corrected chi connectivity index (χ3v) is 5.56. The fourth-order valence-electron chi connectivity index (χ4n) is 3.25. The largest absolute Gasteiger partial charge is 0.317 e. The Labute approximate surface area is 113 Å². The molecule has 1 aromatic heterocycles. The molecule has 3 rings (SSSR count). The molecular formula is C14H23N3S. The zero-order valence-electron chi connectivity index (χ0n) is 11.2. The van der Waals surface area contributed by atoms with E-state index in [0.29, 0.717) is 0 Å². The number of aryl methyl sites for hydroxylation is 1. The summed E-state index contributed by atoms with van der Waals surface area (Å²) in [5, 5.41) is 10.5. The highest BCUT2D eigenvalue weighted by atomic mass is 32.1. The molecular weight excluding hydrogens is 242 g/mol. The molecule has 1 saturated heterocycles. The maximum absolute atomic E-state index is 4.50. The van der Waals surface area contributed by atoms with Gasteiger partial charge in [-0.05, 0) is 57.2 Å². The fourth-order valence-corrected chi connectivity index (χ4v) is 4.02. The van der Waals surface area contributed by atoms with Crippen molar-refractivity contribution in [2.45, 2.75) is 32.6 Å². The van der Waals surface area contributed by atoms with Crippen molar-refractivity contribution in [3.8, 4) is 0 Å². The summed E-state index contributed by atoms with van der Waals surface area (Å²) in [5.74, 6) is 0.942. The second-order valence-electron chi connectivity index (χ2n) is 5.85. The van der Waals surface area contributed by atoms with Crippen molar-refractivity contribution in [2.75, 3.05) is 26.2 Å². The molecule has 18 heavy (non-hydrogen) atoms. The van der Waals surface area contributed by atoms with E-state index in [1.807, 2.05) is 0 Å². The highest BCUT2D eigenvalue weighted by Crippen LogP contribution is 2.58. The van der Waals surface area contributed by atoms with Crippen LogP contribution in [-0.2, 0) is 6.42 Å². The Morgan fingerprint density at radius 2 is 2.33 bits per heavy atom. The van der Waals surface area contributed by atoms with Gasteiger partial charge in [-0.25, -0.2) is 4.98 Å². The van der Waals surface area contributed by atoms with Gasteiger partial charge in [0.1, 0.15) is 0 Å². The van der Waals surface area contributed by atoms with E-state index in [9.17, 15) is 0 Å². The van der Waals surface area contributed by atoms with Crippen molar-refractivity contribution in [3.63, 3.8) is 0 Å². The summed E-state index contributed by atoms with van der Waals surface area (Å²) < 4.78 is 0. The molecule has 4 heteroatoms. The summed E-state index contributed by atoms with van der Waals surface area (Å²) in [5.41, 5.74) is 1.88. The lowest BCUT2D eigenvalue weighted by atomic mass is 9.92. The molecule has 1 aliphatic carbocycles. The third kappa shape index (κ3) is 2.76. The molecule has 2 fully saturated rings. The molecule has 2 aliphatic rings. The van der Waals surface area contributed by atoms with Crippen molar-refractivity contribution in [3.05, 3.63) is 16.1 Å². The SMILES string of the molecule is Cc1csc(CCNCC2CC23CCNCC3)n1. The molecule has 1 atom stereocenters. The van der Waals surface area contributed by atoms with E-state index in [4.69, 9.17) is 0 Å². The average Bonchev–Trinajstić information content (AvgIpc) is 2.84. The van der Waals surface area contributed by atoms with Crippen LogP contribution in [0.4, 0.5) is 0 Å². The van der Waals surface area contributed by atoms with Gasteiger partial charge in [-0.15, -0.1) is 11.3 Å². The first-order chi connectivity index (χ1) is 8.78. The molecule has 2 N–H and O–H groups in total. The van der Waals surface area contributed by atoms with Crippen LogP contribution >= 0.6 is 11.3 Å². The zero-order chi connectivity index (χ0) is 12.4. The molecule has 3 nitrogen and oxygen atoms in total. The summed E-state index contributed by atoms with van der Waals surface area (Å²) >= 11 is 1.79. The van der Waals surface area contributed by atoms with Gasteiger partial charge in [0.25, 0.3) is 0 Å². The number of nitrogens with one attached hydrogen (secondary N) is 2. The highest BCUT2D eigenvalue weighted by Gasteiger charge is 2.52. The van der Waals surface area contributed by atoms with Crippen LogP contribution in [-0.4, -0.2) is 31.2 Å². The Morgan fingerprint density at radius 1 is 1.50 bits per heavy atom. The van der Waals surface area contributed by atoms with Crippen LogP contribution in [0.15, 0.2) is 5.38 Å². The quantitative estimate of drug-likeness (QED) is 0.799. The molecule has 1 unspecified atom stereocenters. The zero-order valence-corrected chi connectivity index (χ0v) is 12.0. The Morgan fingerprint density at radius 3 is 3.06 bits per heavy atom. The maximum atomic E-state index is 4.50. The predicted octanol–water partition coefficient (Wildman–Crippen LogP) is 1.97. The first kappa shape index (κ1) is 12.6. The smallest absolute Gasteiger partial charge is 0.0940 e. The molecule has 0 amide bonds. The van der Waals surface area contributed by atoms with E-state index in [1.54, 1.807) is 11.3 Å². The average molecular weight is 265 g/mol. The number of nitrogens with zero attached hydrogens (tertiary/aromatic N) is 1. The summed E-state index contributed by atoms with van der Waals surface area (Å²) in [4.78, 5) is 4.50. The minimum Gasteiger partial charge on any atom is -0.317 e. The third-order valence-electron chi connectivity index (χ3n) is 4.53. The molecule has 1 saturated carbocycles. The Hall–Kier alpha value is -0.450. The van der Waals surface area contributed by atoms with Crippen LogP contribution in [0.5, 0.6) is 0 Å².